The molecule has 164 valence electrons. The summed E-state index contributed by atoms with van der Waals surface area (Å²) in [5.74, 6) is 1.49. The molecule has 1 amide bonds. The number of amides is 1. The zero-order valence-corrected chi connectivity index (χ0v) is 19.6. The molecule has 0 heterocycles. The van der Waals surface area contributed by atoms with Gasteiger partial charge in [0.05, 0.1) is 34.5 Å². The Morgan fingerprint density at radius 2 is 1.88 bits per heavy atom. The number of ether oxygens (including phenoxy) is 2. The molecule has 3 aromatic carbocycles. The van der Waals surface area contributed by atoms with Gasteiger partial charge in [-0.15, -0.1) is 0 Å². The minimum atomic E-state index is -0.278. The summed E-state index contributed by atoms with van der Waals surface area (Å²) < 4.78 is 11.5. The van der Waals surface area contributed by atoms with E-state index in [0.717, 1.165) is 11.3 Å². The van der Waals surface area contributed by atoms with Crippen molar-refractivity contribution >= 4 is 34.8 Å². The predicted octanol–water partition coefficient (Wildman–Crippen LogP) is 7.41. The normalized spacial score (nSPS) is 10.6. The number of halogens is 2. The summed E-state index contributed by atoms with van der Waals surface area (Å²) in [6.45, 7) is 5.51. The van der Waals surface area contributed by atoms with Crippen molar-refractivity contribution in [2.75, 3.05) is 12.4 Å². The maximum atomic E-state index is 11.8. The molecule has 0 aliphatic heterocycles. The lowest BCUT2D eigenvalue weighted by Gasteiger charge is -2.19. The van der Waals surface area contributed by atoms with Gasteiger partial charge in [0, 0.05) is 18.1 Å². The zero-order valence-electron chi connectivity index (χ0n) is 18.1. The molecule has 3 rings (SSSR count). The van der Waals surface area contributed by atoms with Gasteiger partial charge in [0.1, 0.15) is 11.5 Å². The van der Waals surface area contributed by atoms with E-state index >= 15 is 0 Å². The van der Waals surface area contributed by atoms with E-state index in [0.29, 0.717) is 28.1 Å². The number of hydrogen-bond acceptors (Lipinski definition) is 4. The van der Waals surface area contributed by atoms with Crippen molar-refractivity contribution < 1.29 is 14.3 Å². The zero-order chi connectivity index (χ0) is 23.4. The Kier molecular flexibility index (Phi) is 7.29. The first-order valence-corrected chi connectivity index (χ1v) is 10.7. The Bertz CT molecular complexity index is 1220. The van der Waals surface area contributed by atoms with Crippen LogP contribution in [0.1, 0.15) is 37.8 Å². The van der Waals surface area contributed by atoms with Crippen LogP contribution in [0.2, 0.25) is 10.0 Å². The van der Waals surface area contributed by atoms with Crippen molar-refractivity contribution in [3.8, 4) is 34.4 Å². The molecule has 0 saturated heterocycles. The van der Waals surface area contributed by atoms with Gasteiger partial charge in [-0.1, -0.05) is 49.2 Å². The van der Waals surface area contributed by atoms with Gasteiger partial charge in [0.2, 0.25) is 5.91 Å². The Balaban J connectivity index is 2.16. The minimum absolute atomic E-state index is 0.214. The number of methoxy groups -OCH3 is 1. The lowest BCUT2D eigenvalue weighted by molar-refractivity contribution is -0.114. The third kappa shape index (κ3) is 4.99. The Hall–Kier alpha value is -3.20. The molecule has 0 aliphatic rings. The smallest absolute Gasteiger partial charge is 0.221 e. The van der Waals surface area contributed by atoms with Gasteiger partial charge in [-0.3, -0.25) is 4.79 Å². The van der Waals surface area contributed by atoms with Crippen LogP contribution in [0.5, 0.6) is 17.2 Å². The van der Waals surface area contributed by atoms with Gasteiger partial charge in [0.25, 0.3) is 0 Å². The Labute approximate surface area is 197 Å². The average molecular weight is 469 g/mol. The Morgan fingerprint density at radius 1 is 1.12 bits per heavy atom. The predicted molar refractivity (Wildman–Crippen MR) is 128 cm³/mol. The molecule has 0 aromatic heterocycles. The maximum absolute atomic E-state index is 11.8. The second-order valence-corrected chi connectivity index (χ2v) is 8.24. The van der Waals surface area contributed by atoms with E-state index in [1.807, 2.05) is 12.1 Å². The van der Waals surface area contributed by atoms with Crippen molar-refractivity contribution in [2.45, 2.75) is 26.7 Å². The fourth-order valence-corrected chi connectivity index (χ4v) is 4.00. The van der Waals surface area contributed by atoms with E-state index in [-0.39, 0.29) is 27.6 Å². The van der Waals surface area contributed by atoms with Crippen LogP contribution in [0.3, 0.4) is 0 Å². The van der Waals surface area contributed by atoms with E-state index < -0.39 is 0 Å². The van der Waals surface area contributed by atoms with Crippen LogP contribution in [0.4, 0.5) is 5.69 Å². The van der Waals surface area contributed by atoms with Gasteiger partial charge in [-0.25, -0.2) is 0 Å². The summed E-state index contributed by atoms with van der Waals surface area (Å²) in [5, 5.41) is 12.5. The molecule has 0 saturated carbocycles. The van der Waals surface area contributed by atoms with Gasteiger partial charge in [-0.2, -0.15) is 5.26 Å². The average Bonchev–Trinajstić information content (AvgIpc) is 2.76. The fourth-order valence-electron chi connectivity index (χ4n) is 3.35. The van der Waals surface area contributed by atoms with E-state index in [9.17, 15) is 10.1 Å². The van der Waals surface area contributed by atoms with Crippen molar-refractivity contribution in [2.24, 2.45) is 0 Å². The molecule has 0 bridgehead atoms. The topological polar surface area (TPSA) is 71.3 Å². The van der Waals surface area contributed by atoms with Gasteiger partial charge >= 0.3 is 0 Å². The van der Waals surface area contributed by atoms with Crippen LogP contribution >= 0.6 is 23.2 Å². The first-order chi connectivity index (χ1) is 15.2. The third-order valence-corrected chi connectivity index (χ3v) is 5.45. The summed E-state index contributed by atoms with van der Waals surface area (Å²) in [7, 11) is 1.62. The summed E-state index contributed by atoms with van der Waals surface area (Å²) in [4.78, 5) is 11.8. The number of anilines is 1. The first-order valence-electron chi connectivity index (χ1n) is 9.91. The lowest BCUT2D eigenvalue weighted by Crippen LogP contribution is -2.08. The fraction of sp³-hybridized carbons (Fsp3) is 0.200. The number of nitriles is 1. The maximum Gasteiger partial charge on any atom is 0.221 e. The van der Waals surface area contributed by atoms with Crippen molar-refractivity contribution in [3.63, 3.8) is 0 Å². The molecule has 32 heavy (non-hydrogen) atoms. The monoisotopic (exact) mass is 468 g/mol. The molecule has 1 N–H and O–H groups in total. The van der Waals surface area contributed by atoms with Crippen LogP contribution in [-0.2, 0) is 4.79 Å². The highest BCUT2D eigenvalue weighted by molar-refractivity contribution is 6.40. The summed E-state index contributed by atoms with van der Waals surface area (Å²) in [5.41, 5.74) is 3.02. The minimum Gasteiger partial charge on any atom is -0.496 e. The van der Waals surface area contributed by atoms with E-state index in [2.05, 4.69) is 25.2 Å². The molecule has 0 atom stereocenters. The van der Waals surface area contributed by atoms with Gasteiger partial charge < -0.3 is 14.8 Å². The largest absolute Gasteiger partial charge is 0.496 e. The van der Waals surface area contributed by atoms with E-state index in [4.69, 9.17) is 32.7 Å². The SMILES string of the molecule is COc1ccc(Oc2c(Cl)cc(NC(C)=O)c(-c3cccc(C#N)c3)c2Cl)cc1C(C)C. The number of nitrogens with one attached hydrogen (secondary N) is 1. The first kappa shape index (κ1) is 23.5. The molecular formula is C25H22Cl2N2O3. The second kappa shape index (κ2) is 9.95. The molecule has 3 aromatic rings. The number of benzene rings is 3. The van der Waals surface area contributed by atoms with E-state index in [1.54, 1.807) is 43.5 Å². The standard InChI is InChI=1S/C25H22Cl2N2O3/c1-14(2)19-11-18(8-9-22(19)31-4)32-25-20(26)12-21(29-15(3)30)23(24(25)27)17-7-5-6-16(10-17)13-28/h5-12,14H,1-4H3,(H,29,30). The number of carbonyl (C=O) groups excluding carboxylic acids is 1. The summed E-state index contributed by atoms with van der Waals surface area (Å²) >= 11 is 13.3. The highest BCUT2D eigenvalue weighted by Crippen LogP contribution is 2.47. The number of hydrogen-bond donors (Lipinski definition) is 1. The third-order valence-electron chi connectivity index (χ3n) is 4.81. The van der Waals surface area contributed by atoms with Crippen molar-refractivity contribution in [3.05, 3.63) is 69.7 Å². The van der Waals surface area contributed by atoms with Gasteiger partial charge in [0.15, 0.2) is 5.75 Å². The Morgan fingerprint density at radius 3 is 2.50 bits per heavy atom. The second-order valence-electron chi connectivity index (χ2n) is 7.46. The van der Waals surface area contributed by atoms with Crippen molar-refractivity contribution in [1.82, 2.24) is 0 Å². The molecule has 0 spiro atoms. The highest BCUT2D eigenvalue weighted by Gasteiger charge is 2.21. The van der Waals surface area contributed by atoms with Crippen LogP contribution < -0.4 is 14.8 Å². The number of nitrogens with zero attached hydrogens (tertiary/aromatic N) is 1. The lowest BCUT2D eigenvalue weighted by atomic mass is 10.0. The van der Waals surface area contributed by atoms with E-state index in [1.165, 1.54) is 6.92 Å². The molecule has 0 unspecified atom stereocenters. The number of rotatable bonds is 6. The molecule has 0 aliphatic carbocycles. The molecule has 0 fully saturated rings. The van der Waals surface area contributed by atoms with Crippen molar-refractivity contribution in [1.29, 1.82) is 5.26 Å². The molecular weight excluding hydrogens is 447 g/mol. The molecule has 7 heteroatoms. The summed E-state index contributed by atoms with van der Waals surface area (Å²) in [6.07, 6.45) is 0. The van der Waals surface area contributed by atoms with Crippen LogP contribution in [-0.4, -0.2) is 13.0 Å². The highest BCUT2D eigenvalue weighted by atomic mass is 35.5. The molecule has 0 radical (unpaired) electrons. The van der Waals surface area contributed by atoms with Crippen LogP contribution in [0.15, 0.2) is 48.5 Å². The van der Waals surface area contributed by atoms with Crippen LogP contribution in [0.25, 0.3) is 11.1 Å². The molecule has 5 nitrogen and oxygen atoms in total. The van der Waals surface area contributed by atoms with Crippen LogP contribution in [0, 0.1) is 11.3 Å². The quantitative estimate of drug-likeness (QED) is 0.408. The summed E-state index contributed by atoms with van der Waals surface area (Å²) in [6, 6.07) is 16.1. The number of carbonyl (C=O) groups is 1. The van der Waals surface area contributed by atoms with Gasteiger partial charge in [-0.05, 0) is 47.9 Å².